The number of carbonyl (C=O) groups is 2. The molecule has 5 nitrogen and oxygen atoms in total. The summed E-state index contributed by atoms with van der Waals surface area (Å²) in [5, 5.41) is 14.2. The minimum absolute atomic E-state index is 0.134. The van der Waals surface area contributed by atoms with Gasteiger partial charge in [0.05, 0.1) is 11.3 Å². The van der Waals surface area contributed by atoms with Gasteiger partial charge in [-0.2, -0.15) is 0 Å². The van der Waals surface area contributed by atoms with Gasteiger partial charge in [0.1, 0.15) is 0 Å². The van der Waals surface area contributed by atoms with Gasteiger partial charge in [0, 0.05) is 10.5 Å². The van der Waals surface area contributed by atoms with Gasteiger partial charge in [-0.1, -0.05) is 0 Å². The second kappa shape index (κ2) is 4.75. The first kappa shape index (κ1) is 11.9. The van der Waals surface area contributed by atoms with E-state index in [9.17, 15) is 9.59 Å². The average Bonchev–Trinajstić information content (AvgIpc) is 3.04. The second-order valence-electron chi connectivity index (χ2n) is 3.87. The monoisotopic (exact) mass is 298 g/mol. The lowest BCUT2D eigenvalue weighted by Crippen LogP contribution is -2.30. The normalized spacial score (nSPS) is 14.2. The molecule has 1 aliphatic carbocycles. The van der Waals surface area contributed by atoms with Crippen LogP contribution < -0.4 is 10.6 Å². The molecule has 0 heterocycles. The molecule has 0 unspecified atom stereocenters. The number of carboxylic acid groups (broad SMARTS) is 1. The van der Waals surface area contributed by atoms with Gasteiger partial charge in [-0.3, -0.25) is 0 Å². The number of urea groups is 1. The van der Waals surface area contributed by atoms with Gasteiger partial charge < -0.3 is 15.7 Å². The van der Waals surface area contributed by atoms with Crippen LogP contribution in [0.15, 0.2) is 22.7 Å². The van der Waals surface area contributed by atoms with Crippen LogP contribution in [0.5, 0.6) is 0 Å². The van der Waals surface area contributed by atoms with Crippen LogP contribution in [-0.4, -0.2) is 23.1 Å². The summed E-state index contributed by atoms with van der Waals surface area (Å²) in [5.41, 5.74) is 0.581. The Morgan fingerprint density at radius 1 is 1.35 bits per heavy atom. The Bertz CT molecular complexity index is 472. The number of amides is 2. The third kappa shape index (κ3) is 3.20. The number of benzene rings is 1. The zero-order valence-corrected chi connectivity index (χ0v) is 10.5. The summed E-state index contributed by atoms with van der Waals surface area (Å²) in [5.74, 6) is -1.02. The quantitative estimate of drug-likeness (QED) is 0.802. The van der Waals surface area contributed by atoms with E-state index in [1.54, 1.807) is 6.07 Å². The van der Waals surface area contributed by atoms with Gasteiger partial charge in [-0.15, -0.1) is 0 Å². The molecule has 6 heteroatoms. The molecule has 1 saturated carbocycles. The molecule has 1 aromatic rings. The highest BCUT2D eigenvalue weighted by Gasteiger charge is 2.23. The molecular formula is C11H11BrN2O3. The van der Waals surface area contributed by atoms with Gasteiger partial charge in [0.15, 0.2) is 0 Å². The number of halogens is 1. The minimum atomic E-state index is -1.02. The lowest BCUT2D eigenvalue weighted by Gasteiger charge is -2.09. The molecule has 90 valence electrons. The molecule has 2 rings (SSSR count). The molecule has 0 radical (unpaired) electrons. The van der Waals surface area contributed by atoms with E-state index in [1.807, 2.05) is 0 Å². The van der Waals surface area contributed by atoms with Crippen LogP contribution in [0.1, 0.15) is 23.2 Å². The number of rotatable bonds is 3. The topological polar surface area (TPSA) is 78.4 Å². The SMILES string of the molecule is O=C(Nc1cc(C(=O)O)ccc1Br)NC1CC1. The van der Waals surface area contributed by atoms with E-state index >= 15 is 0 Å². The molecule has 0 saturated heterocycles. The van der Waals surface area contributed by atoms with E-state index in [2.05, 4.69) is 26.6 Å². The molecule has 0 spiro atoms. The smallest absolute Gasteiger partial charge is 0.335 e. The zero-order valence-electron chi connectivity index (χ0n) is 8.87. The average molecular weight is 299 g/mol. The van der Waals surface area contributed by atoms with E-state index < -0.39 is 5.97 Å². The Kier molecular flexibility index (Phi) is 3.33. The summed E-state index contributed by atoms with van der Waals surface area (Å²) in [7, 11) is 0. The van der Waals surface area contributed by atoms with Crippen molar-refractivity contribution in [1.29, 1.82) is 0 Å². The third-order valence-corrected chi connectivity index (χ3v) is 3.07. The van der Waals surface area contributed by atoms with E-state index in [0.29, 0.717) is 10.2 Å². The van der Waals surface area contributed by atoms with E-state index in [-0.39, 0.29) is 17.6 Å². The fraction of sp³-hybridized carbons (Fsp3) is 0.273. The Labute approximate surface area is 106 Å². The van der Waals surface area contributed by atoms with Gasteiger partial charge in [0.25, 0.3) is 0 Å². The van der Waals surface area contributed by atoms with Gasteiger partial charge in [-0.25, -0.2) is 9.59 Å². The maximum absolute atomic E-state index is 11.5. The van der Waals surface area contributed by atoms with E-state index in [0.717, 1.165) is 12.8 Å². The molecule has 0 aliphatic heterocycles. The first-order valence-electron chi connectivity index (χ1n) is 5.16. The molecule has 3 N–H and O–H groups in total. The van der Waals surface area contributed by atoms with Crippen LogP contribution >= 0.6 is 15.9 Å². The number of anilines is 1. The fourth-order valence-corrected chi connectivity index (χ4v) is 1.67. The number of hydrogen-bond acceptors (Lipinski definition) is 2. The Morgan fingerprint density at radius 3 is 2.65 bits per heavy atom. The van der Waals surface area contributed by atoms with Gasteiger partial charge in [0.2, 0.25) is 0 Å². The van der Waals surface area contributed by atoms with Gasteiger partial charge in [-0.05, 0) is 47.0 Å². The van der Waals surface area contributed by atoms with Crippen molar-refractivity contribution < 1.29 is 14.7 Å². The fourth-order valence-electron chi connectivity index (χ4n) is 1.33. The highest BCUT2D eigenvalue weighted by Crippen LogP contribution is 2.24. The second-order valence-corrected chi connectivity index (χ2v) is 4.73. The molecule has 17 heavy (non-hydrogen) atoms. The lowest BCUT2D eigenvalue weighted by molar-refractivity contribution is 0.0697. The zero-order chi connectivity index (χ0) is 12.4. The Balaban J connectivity index is 2.09. The summed E-state index contributed by atoms with van der Waals surface area (Å²) in [6.45, 7) is 0. The molecule has 2 amide bonds. The first-order valence-corrected chi connectivity index (χ1v) is 5.96. The summed E-state index contributed by atoms with van der Waals surface area (Å²) in [6.07, 6.45) is 2.01. The van der Waals surface area contributed by atoms with Crippen LogP contribution in [0.4, 0.5) is 10.5 Å². The summed E-state index contributed by atoms with van der Waals surface area (Å²) < 4.78 is 0.647. The van der Waals surface area contributed by atoms with E-state index in [4.69, 9.17) is 5.11 Å². The van der Waals surface area contributed by atoms with Crippen molar-refractivity contribution in [3.8, 4) is 0 Å². The Hall–Kier alpha value is -1.56. The van der Waals surface area contributed by atoms with Crippen molar-refractivity contribution >= 4 is 33.6 Å². The van der Waals surface area contributed by atoms with E-state index in [1.165, 1.54) is 12.1 Å². The number of carbonyl (C=O) groups excluding carboxylic acids is 1. The van der Waals surface area contributed by atoms with Crippen LogP contribution in [0.2, 0.25) is 0 Å². The maximum Gasteiger partial charge on any atom is 0.335 e. The van der Waals surface area contributed by atoms with Crippen LogP contribution in [-0.2, 0) is 0 Å². The predicted octanol–water partition coefficient (Wildman–Crippen LogP) is 2.43. The van der Waals surface area contributed by atoms with Crippen molar-refractivity contribution in [2.75, 3.05) is 5.32 Å². The van der Waals surface area contributed by atoms with Gasteiger partial charge >= 0.3 is 12.0 Å². The molecule has 0 bridgehead atoms. The van der Waals surface area contributed by atoms with Crippen molar-refractivity contribution in [1.82, 2.24) is 5.32 Å². The highest BCUT2D eigenvalue weighted by molar-refractivity contribution is 9.10. The molecule has 1 fully saturated rings. The summed E-state index contributed by atoms with van der Waals surface area (Å²) in [6, 6.07) is 4.43. The summed E-state index contributed by atoms with van der Waals surface area (Å²) >= 11 is 3.25. The van der Waals surface area contributed by atoms with Crippen LogP contribution in [0, 0.1) is 0 Å². The molecule has 0 atom stereocenters. The summed E-state index contributed by atoms with van der Waals surface area (Å²) in [4.78, 5) is 22.3. The van der Waals surface area contributed by atoms with Crippen molar-refractivity contribution in [3.05, 3.63) is 28.2 Å². The maximum atomic E-state index is 11.5. The first-order chi connectivity index (χ1) is 8.06. The molecular weight excluding hydrogens is 288 g/mol. The van der Waals surface area contributed by atoms with Crippen LogP contribution in [0.3, 0.4) is 0 Å². The predicted molar refractivity (Wildman–Crippen MR) is 66.3 cm³/mol. The number of hydrogen-bond donors (Lipinski definition) is 3. The molecule has 1 aromatic carbocycles. The number of nitrogens with one attached hydrogen (secondary N) is 2. The largest absolute Gasteiger partial charge is 0.478 e. The molecule has 1 aliphatic rings. The van der Waals surface area contributed by atoms with Crippen molar-refractivity contribution in [2.24, 2.45) is 0 Å². The number of aromatic carboxylic acids is 1. The highest BCUT2D eigenvalue weighted by atomic mass is 79.9. The Morgan fingerprint density at radius 2 is 2.06 bits per heavy atom. The van der Waals surface area contributed by atoms with Crippen molar-refractivity contribution in [2.45, 2.75) is 18.9 Å². The lowest BCUT2D eigenvalue weighted by atomic mass is 10.2. The minimum Gasteiger partial charge on any atom is -0.478 e. The standard InChI is InChI=1S/C11H11BrN2O3/c12-8-4-1-6(10(15)16)5-9(8)14-11(17)13-7-2-3-7/h1,4-5,7H,2-3H2,(H,15,16)(H2,13,14,17). The van der Waals surface area contributed by atoms with Crippen molar-refractivity contribution in [3.63, 3.8) is 0 Å². The van der Waals surface area contributed by atoms with Crippen LogP contribution in [0.25, 0.3) is 0 Å². The third-order valence-electron chi connectivity index (χ3n) is 2.37. The number of carboxylic acids is 1. The molecule has 0 aromatic heterocycles.